The van der Waals surface area contributed by atoms with Crippen molar-refractivity contribution in [2.45, 2.75) is 32.5 Å². The van der Waals surface area contributed by atoms with Crippen molar-refractivity contribution in [3.8, 4) is 0 Å². The second kappa shape index (κ2) is 10.9. The average molecular weight is 324 g/mol. The van der Waals surface area contributed by atoms with Crippen molar-refractivity contribution in [3.63, 3.8) is 0 Å². The monoisotopic (exact) mass is 324 g/mol. The van der Waals surface area contributed by atoms with Gasteiger partial charge >= 0.3 is 5.97 Å². The summed E-state index contributed by atoms with van der Waals surface area (Å²) in [5.41, 5.74) is 0.641. The Morgan fingerprint density at radius 2 is 1.65 bits per heavy atom. The Morgan fingerprint density at radius 3 is 2.26 bits per heavy atom. The lowest BCUT2D eigenvalue weighted by Gasteiger charge is -2.10. The van der Waals surface area contributed by atoms with Gasteiger partial charge in [-0.15, -0.1) is 0 Å². The van der Waals surface area contributed by atoms with Gasteiger partial charge in [0.05, 0.1) is 12.2 Å². The van der Waals surface area contributed by atoms with Gasteiger partial charge in [-0.25, -0.2) is 4.79 Å². The van der Waals surface area contributed by atoms with Crippen LogP contribution in [0.3, 0.4) is 0 Å². The van der Waals surface area contributed by atoms with Crippen molar-refractivity contribution in [3.05, 3.63) is 35.4 Å². The minimum absolute atomic E-state index is 0.283. The van der Waals surface area contributed by atoms with E-state index in [2.05, 4.69) is 0 Å². The minimum atomic E-state index is -1.48. The third-order valence-corrected chi connectivity index (χ3v) is 3.09. The number of hydrogen-bond acceptors (Lipinski definition) is 6. The molecule has 1 rings (SSSR count). The van der Waals surface area contributed by atoms with Gasteiger partial charge < -0.3 is 19.3 Å². The fourth-order valence-electron chi connectivity index (χ4n) is 1.81. The van der Waals surface area contributed by atoms with Crippen molar-refractivity contribution < 1.29 is 28.9 Å². The van der Waals surface area contributed by atoms with Gasteiger partial charge in [0, 0.05) is 25.9 Å². The number of ether oxygens (including phenoxy) is 3. The van der Waals surface area contributed by atoms with E-state index in [0.29, 0.717) is 31.8 Å². The molecule has 0 amide bonds. The van der Waals surface area contributed by atoms with Crippen LogP contribution in [0.25, 0.3) is 0 Å². The molecule has 1 atom stereocenters. The van der Waals surface area contributed by atoms with Crippen LogP contribution in [-0.4, -0.2) is 50.1 Å². The topological polar surface area (TPSA) is 82.1 Å². The molecule has 1 aromatic rings. The highest BCUT2D eigenvalue weighted by atomic mass is 16.6. The summed E-state index contributed by atoms with van der Waals surface area (Å²) < 4.78 is 15.0. The van der Waals surface area contributed by atoms with Gasteiger partial charge in [0.25, 0.3) is 0 Å². The average Bonchev–Trinajstić information content (AvgIpc) is 2.58. The second-order valence-electron chi connectivity index (χ2n) is 5.00. The van der Waals surface area contributed by atoms with E-state index < -0.39 is 18.0 Å². The van der Waals surface area contributed by atoms with Crippen molar-refractivity contribution in [1.29, 1.82) is 0 Å². The molecular formula is C17H24O6. The summed E-state index contributed by atoms with van der Waals surface area (Å²) in [5, 5.41) is 9.59. The number of hydrogen-bond donors (Lipinski definition) is 1. The van der Waals surface area contributed by atoms with Gasteiger partial charge in [0.1, 0.15) is 0 Å². The summed E-state index contributed by atoms with van der Waals surface area (Å²) in [4.78, 5) is 23.7. The van der Waals surface area contributed by atoms with Gasteiger partial charge in [0.2, 0.25) is 12.1 Å². The first kappa shape index (κ1) is 19.3. The van der Waals surface area contributed by atoms with Crippen LogP contribution in [0, 0.1) is 0 Å². The van der Waals surface area contributed by atoms with E-state index >= 15 is 0 Å². The van der Waals surface area contributed by atoms with Crippen LogP contribution < -0.4 is 0 Å². The number of ketones is 1. The largest absolute Gasteiger partial charge is 0.462 e. The zero-order chi connectivity index (χ0) is 17.1. The summed E-state index contributed by atoms with van der Waals surface area (Å²) in [6, 6.07) is 5.94. The Balaban J connectivity index is 2.48. The highest BCUT2D eigenvalue weighted by Crippen LogP contribution is 2.10. The normalized spacial score (nSPS) is 12.0. The van der Waals surface area contributed by atoms with E-state index in [-0.39, 0.29) is 5.56 Å². The quantitative estimate of drug-likeness (QED) is 0.291. The van der Waals surface area contributed by atoms with Gasteiger partial charge in [-0.2, -0.15) is 0 Å². The first-order valence-corrected chi connectivity index (χ1v) is 7.70. The van der Waals surface area contributed by atoms with Gasteiger partial charge in [0.15, 0.2) is 0 Å². The fraction of sp³-hybridized carbons (Fsp3) is 0.529. The molecule has 128 valence electrons. The number of benzene rings is 1. The van der Waals surface area contributed by atoms with E-state index in [4.69, 9.17) is 14.2 Å². The number of methoxy groups -OCH3 is 1. The molecule has 0 aliphatic carbocycles. The van der Waals surface area contributed by atoms with Crippen LogP contribution in [0.15, 0.2) is 24.3 Å². The molecule has 0 spiro atoms. The molecule has 1 N–H and O–H groups in total. The first-order chi connectivity index (χ1) is 11.1. The maximum Gasteiger partial charge on any atom is 0.338 e. The molecular weight excluding hydrogens is 300 g/mol. The summed E-state index contributed by atoms with van der Waals surface area (Å²) in [7, 11) is 1.62. The lowest BCUT2D eigenvalue weighted by Crippen LogP contribution is -2.24. The van der Waals surface area contributed by atoms with Crippen LogP contribution in [0.5, 0.6) is 0 Å². The Hall–Kier alpha value is -1.76. The SMILES string of the molecule is CCCOC(O)C(=O)c1ccc(C(=O)OCCCCOC)cc1. The highest BCUT2D eigenvalue weighted by molar-refractivity contribution is 5.99. The van der Waals surface area contributed by atoms with E-state index in [1.807, 2.05) is 6.92 Å². The molecule has 6 heteroatoms. The van der Waals surface area contributed by atoms with Crippen LogP contribution in [0.1, 0.15) is 46.9 Å². The fourth-order valence-corrected chi connectivity index (χ4v) is 1.81. The molecule has 1 unspecified atom stereocenters. The number of aliphatic hydroxyl groups excluding tert-OH is 1. The first-order valence-electron chi connectivity index (χ1n) is 7.70. The number of unbranched alkanes of at least 4 members (excludes halogenated alkanes) is 1. The lowest BCUT2D eigenvalue weighted by atomic mass is 10.1. The van der Waals surface area contributed by atoms with E-state index in [0.717, 1.165) is 12.8 Å². The highest BCUT2D eigenvalue weighted by Gasteiger charge is 2.18. The van der Waals surface area contributed by atoms with Crippen LogP contribution >= 0.6 is 0 Å². The van der Waals surface area contributed by atoms with Gasteiger partial charge in [-0.1, -0.05) is 19.1 Å². The summed E-state index contributed by atoms with van der Waals surface area (Å²) in [6.07, 6.45) is 0.789. The predicted molar refractivity (Wildman–Crippen MR) is 84.4 cm³/mol. The predicted octanol–water partition coefficient (Wildman–Crippen LogP) is 2.20. The zero-order valence-corrected chi connectivity index (χ0v) is 13.6. The molecule has 0 heterocycles. The number of rotatable bonds is 11. The van der Waals surface area contributed by atoms with Crippen molar-refractivity contribution in [1.82, 2.24) is 0 Å². The van der Waals surface area contributed by atoms with E-state index in [1.54, 1.807) is 7.11 Å². The molecule has 0 aliphatic heterocycles. The molecule has 0 aromatic heterocycles. The summed E-state index contributed by atoms with van der Waals surface area (Å²) in [5.74, 6) is -0.970. The number of Topliss-reactive ketones (excluding diaryl/α,β-unsaturated/α-hetero) is 1. The molecule has 0 fully saturated rings. The van der Waals surface area contributed by atoms with Crippen LogP contribution in [0.4, 0.5) is 0 Å². The summed E-state index contributed by atoms with van der Waals surface area (Å²) >= 11 is 0. The van der Waals surface area contributed by atoms with Gasteiger partial charge in [-0.3, -0.25) is 4.79 Å². The number of carbonyl (C=O) groups excluding carboxylic acids is 2. The number of carbonyl (C=O) groups is 2. The maximum atomic E-state index is 11.9. The van der Waals surface area contributed by atoms with E-state index in [9.17, 15) is 14.7 Å². The Bertz CT molecular complexity index is 482. The van der Waals surface area contributed by atoms with Crippen molar-refractivity contribution in [2.24, 2.45) is 0 Å². The minimum Gasteiger partial charge on any atom is -0.462 e. The molecule has 23 heavy (non-hydrogen) atoms. The lowest BCUT2D eigenvalue weighted by molar-refractivity contribution is -0.0717. The van der Waals surface area contributed by atoms with Crippen molar-refractivity contribution >= 4 is 11.8 Å². The standard InChI is InChI=1S/C17H24O6/c1-3-10-22-17(20)15(18)13-6-8-14(9-7-13)16(19)23-12-5-4-11-21-2/h6-9,17,20H,3-5,10-12H2,1-2H3. The molecule has 0 aliphatic rings. The third kappa shape index (κ3) is 6.90. The smallest absolute Gasteiger partial charge is 0.338 e. The molecule has 0 radical (unpaired) electrons. The zero-order valence-electron chi connectivity index (χ0n) is 13.6. The molecule has 1 aromatic carbocycles. The molecule has 0 saturated carbocycles. The molecule has 0 saturated heterocycles. The summed E-state index contributed by atoms with van der Waals surface area (Å²) in [6.45, 7) is 3.15. The molecule has 6 nitrogen and oxygen atoms in total. The third-order valence-electron chi connectivity index (χ3n) is 3.09. The second-order valence-corrected chi connectivity index (χ2v) is 5.00. The van der Waals surface area contributed by atoms with Gasteiger partial charge in [-0.05, 0) is 31.4 Å². The molecule has 0 bridgehead atoms. The van der Waals surface area contributed by atoms with Crippen LogP contribution in [0.2, 0.25) is 0 Å². The number of aliphatic hydroxyl groups is 1. The number of esters is 1. The Labute approximate surface area is 136 Å². The maximum absolute atomic E-state index is 11.9. The van der Waals surface area contributed by atoms with Crippen LogP contribution in [-0.2, 0) is 14.2 Å². The van der Waals surface area contributed by atoms with Crippen molar-refractivity contribution in [2.75, 3.05) is 26.9 Å². The Morgan fingerprint density at radius 1 is 1.04 bits per heavy atom. The Kier molecular flexibility index (Phi) is 9.12. The van der Waals surface area contributed by atoms with E-state index in [1.165, 1.54) is 24.3 Å².